The van der Waals surface area contributed by atoms with Gasteiger partial charge < -0.3 is 5.73 Å². The highest BCUT2D eigenvalue weighted by atomic mass is 16.1. The number of nitrogens with two attached hydrogens (primary N) is 1. The minimum Gasteiger partial charge on any atom is -0.321 e. The van der Waals surface area contributed by atoms with Crippen molar-refractivity contribution in [2.24, 2.45) is 11.1 Å². The van der Waals surface area contributed by atoms with Gasteiger partial charge in [0.1, 0.15) is 0 Å². The molecule has 1 rings (SSSR count). The standard InChI is InChI=1S/C13H19NO/c1-13(2,3)12(15)11(14)9-10-7-5-4-6-8-10/h4-8,11H,9,14H2,1-3H3/t11-/m0/s1/i9D,11D/t9-,11-. The average molecular weight is 207 g/mol. The first kappa shape index (κ1) is 9.10. The van der Waals surface area contributed by atoms with Gasteiger partial charge in [0.2, 0.25) is 0 Å². The lowest BCUT2D eigenvalue weighted by Crippen LogP contribution is -2.40. The summed E-state index contributed by atoms with van der Waals surface area (Å²) in [5.41, 5.74) is 5.62. The maximum atomic E-state index is 12.1. The number of ketones is 1. The summed E-state index contributed by atoms with van der Waals surface area (Å²) in [4.78, 5) is 12.1. The van der Waals surface area contributed by atoms with Crippen LogP contribution in [0.25, 0.3) is 0 Å². The van der Waals surface area contributed by atoms with Crippen molar-refractivity contribution < 1.29 is 7.54 Å². The summed E-state index contributed by atoms with van der Waals surface area (Å²) in [6, 6.07) is 6.88. The second kappa shape index (κ2) is 4.58. The van der Waals surface area contributed by atoms with Gasteiger partial charge in [0.05, 0.1) is 7.39 Å². The van der Waals surface area contributed by atoms with Crippen LogP contribution in [-0.4, -0.2) is 11.8 Å². The van der Waals surface area contributed by atoms with Gasteiger partial charge in [-0.3, -0.25) is 4.79 Å². The van der Waals surface area contributed by atoms with Crippen molar-refractivity contribution in [1.82, 2.24) is 0 Å². The first-order chi connectivity index (χ1) is 7.67. The maximum absolute atomic E-state index is 12.1. The second-order valence-corrected chi connectivity index (χ2v) is 4.59. The van der Waals surface area contributed by atoms with Crippen molar-refractivity contribution in [3.05, 3.63) is 35.9 Å². The predicted octanol–water partition coefficient (Wildman–Crippen LogP) is 2.17. The molecule has 0 aliphatic rings. The lowest BCUT2D eigenvalue weighted by Gasteiger charge is -2.21. The molecule has 0 aromatic heterocycles. The lowest BCUT2D eigenvalue weighted by atomic mass is 9.85. The van der Waals surface area contributed by atoms with E-state index in [2.05, 4.69) is 0 Å². The van der Waals surface area contributed by atoms with Crippen LogP contribution in [0.4, 0.5) is 0 Å². The summed E-state index contributed by atoms with van der Waals surface area (Å²) in [5.74, 6) is -0.422. The van der Waals surface area contributed by atoms with Crippen LogP contribution in [0.5, 0.6) is 0 Å². The molecule has 0 amide bonds. The topological polar surface area (TPSA) is 43.1 Å². The highest BCUT2D eigenvalue weighted by molar-refractivity contribution is 5.88. The van der Waals surface area contributed by atoms with Crippen LogP contribution < -0.4 is 5.73 Å². The molecule has 0 fully saturated rings. The zero-order valence-electron chi connectivity index (χ0n) is 11.4. The van der Waals surface area contributed by atoms with Gasteiger partial charge in [0.15, 0.2) is 5.78 Å². The molecule has 2 heteroatoms. The second-order valence-electron chi connectivity index (χ2n) is 4.59. The van der Waals surface area contributed by atoms with Gasteiger partial charge in [-0.2, -0.15) is 0 Å². The summed E-state index contributed by atoms with van der Waals surface area (Å²) in [6.45, 7) is 5.13. The van der Waals surface area contributed by atoms with E-state index < -0.39 is 23.6 Å². The van der Waals surface area contributed by atoms with Crippen LogP contribution >= 0.6 is 0 Å². The molecule has 2 atom stereocenters. The van der Waals surface area contributed by atoms with E-state index in [0.29, 0.717) is 5.56 Å². The normalized spacial score (nSPS) is 19.7. The highest BCUT2D eigenvalue weighted by Gasteiger charge is 2.26. The molecule has 0 spiro atoms. The lowest BCUT2D eigenvalue weighted by molar-refractivity contribution is -0.127. The monoisotopic (exact) mass is 207 g/mol. The molecule has 0 aliphatic heterocycles. The number of carbonyl (C=O) groups excluding carboxylic acids is 1. The largest absolute Gasteiger partial charge is 0.321 e. The van der Waals surface area contributed by atoms with E-state index in [1.807, 2.05) is 6.07 Å². The van der Waals surface area contributed by atoms with Crippen molar-refractivity contribution in [2.75, 3.05) is 0 Å². The Morgan fingerprint density at radius 1 is 1.47 bits per heavy atom. The van der Waals surface area contributed by atoms with Crippen molar-refractivity contribution in [2.45, 2.75) is 33.2 Å². The summed E-state index contributed by atoms with van der Waals surface area (Å²) in [7, 11) is 0. The van der Waals surface area contributed by atoms with E-state index in [1.165, 1.54) is 0 Å². The van der Waals surface area contributed by atoms with E-state index in [0.717, 1.165) is 0 Å². The molecule has 0 unspecified atom stereocenters. The molecule has 82 valence electrons. The van der Waals surface area contributed by atoms with Crippen molar-refractivity contribution in [3.63, 3.8) is 0 Å². The number of rotatable bonds is 3. The van der Waals surface area contributed by atoms with Crippen LogP contribution in [0.3, 0.4) is 0 Å². The van der Waals surface area contributed by atoms with E-state index in [-0.39, 0.29) is 0 Å². The zero-order chi connectivity index (χ0) is 13.3. The molecule has 0 heterocycles. The third kappa shape index (κ3) is 3.48. The molecule has 0 bridgehead atoms. The molecule has 15 heavy (non-hydrogen) atoms. The molecule has 2 nitrogen and oxygen atoms in total. The Balaban J connectivity index is 3.03. The summed E-state index contributed by atoms with van der Waals surface area (Å²) < 4.78 is 16.0. The Bertz CT molecular complexity index is 396. The number of benzene rings is 1. The fourth-order valence-corrected chi connectivity index (χ4v) is 1.23. The number of hydrogen-bond acceptors (Lipinski definition) is 2. The quantitative estimate of drug-likeness (QED) is 0.825. The van der Waals surface area contributed by atoms with E-state index in [4.69, 9.17) is 8.48 Å². The third-order valence-corrected chi connectivity index (χ3v) is 2.07. The van der Waals surface area contributed by atoms with Gasteiger partial charge in [-0.15, -0.1) is 0 Å². The van der Waals surface area contributed by atoms with Crippen molar-refractivity contribution in [1.29, 1.82) is 0 Å². The van der Waals surface area contributed by atoms with Crippen LogP contribution in [0.15, 0.2) is 30.3 Å². The van der Waals surface area contributed by atoms with Gasteiger partial charge in [-0.05, 0) is 12.0 Å². The Labute approximate surface area is 94.3 Å². The number of hydrogen-bond donors (Lipinski definition) is 1. The van der Waals surface area contributed by atoms with Crippen LogP contribution in [0, 0.1) is 5.41 Å². The molecular formula is C13H19NO. The third-order valence-electron chi connectivity index (χ3n) is 2.07. The summed E-state index contributed by atoms with van der Waals surface area (Å²) >= 11 is 0. The smallest absolute Gasteiger partial charge is 0.155 e. The Morgan fingerprint density at radius 3 is 2.47 bits per heavy atom. The average Bonchev–Trinajstić information content (AvgIpc) is 2.27. The van der Waals surface area contributed by atoms with Gasteiger partial charge in [-0.1, -0.05) is 51.1 Å². The first-order valence-corrected chi connectivity index (χ1v) is 4.98. The fourth-order valence-electron chi connectivity index (χ4n) is 1.23. The molecule has 1 aromatic rings. The fraction of sp³-hybridized carbons (Fsp3) is 0.462. The highest BCUT2D eigenvalue weighted by Crippen LogP contribution is 2.17. The molecule has 0 radical (unpaired) electrons. The Hall–Kier alpha value is -1.15. The molecule has 1 aromatic carbocycles. The molecule has 0 saturated carbocycles. The molecule has 0 saturated heterocycles. The van der Waals surface area contributed by atoms with Gasteiger partial charge in [0, 0.05) is 6.79 Å². The number of Topliss-reactive ketones (excluding diaryl/α,β-unsaturated/α-hetero) is 1. The van der Waals surface area contributed by atoms with Gasteiger partial charge in [0.25, 0.3) is 0 Å². The molecule has 2 N–H and O–H groups in total. The van der Waals surface area contributed by atoms with Gasteiger partial charge in [-0.25, -0.2) is 0 Å². The van der Waals surface area contributed by atoms with E-state index in [1.54, 1.807) is 45.0 Å². The minimum atomic E-state index is -1.92. The van der Waals surface area contributed by atoms with Gasteiger partial charge >= 0.3 is 0 Å². The van der Waals surface area contributed by atoms with E-state index in [9.17, 15) is 4.79 Å². The zero-order valence-corrected chi connectivity index (χ0v) is 9.45. The molecule has 0 aliphatic carbocycles. The SMILES string of the molecule is [2H][C@@H](c1ccccc1)[C@]([2H])(N)C(=O)C(C)(C)C. The van der Waals surface area contributed by atoms with Crippen molar-refractivity contribution in [3.8, 4) is 0 Å². The number of carbonyl (C=O) groups is 1. The molecular weight excluding hydrogens is 186 g/mol. The maximum Gasteiger partial charge on any atom is 0.155 e. The predicted molar refractivity (Wildman–Crippen MR) is 62.6 cm³/mol. The van der Waals surface area contributed by atoms with Crippen molar-refractivity contribution >= 4 is 5.78 Å². The summed E-state index contributed by atoms with van der Waals surface area (Å²) in [6.07, 6.45) is -1.07. The Kier molecular flexibility index (Phi) is 2.78. The van der Waals surface area contributed by atoms with Crippen LogP contribution in [0.1, 0.15) is 29.1 Å². The van der Waals surface area contributed by atoms with Crippen LogP contribution in [0.2, 0.25) is 0 Å². The first-order valence-electron chi connectivity index (χ1n) is 6.06. The van der Waals surface area contributed by atoms with Crippen LogP contribution in [-0.2, 0) is 11.2 Å². The van der Waals surface area contributed by atoms with E-state index >= 15 is 0 Å². The minimum absolute atomic E-state index is 0.422. The summed E-state index contributed by atoms with van der Waals surface area (Å²) in [5, 5.41) is 0. The Morgan fingerprint density at radius 2 is 2.00 bits per heavy atom.